The third-order valence-corrected chi connectivity index (χ3v) is 6.36. The first-order valence-corrected chi connectivity index (χ1v) is 9.35. The maximum Gasteiger partial charge on any atom is 0.331 e. The molecule has 1 atom stereocenters. The van der Waals surface area contributed by atoms with Gasteiger partial charge >= 0.3 is 5.97 Å². The number of Topliss-reactive ketones (excluding diaryl/α,β-unsaturated/α-hetero) is 1. The molecule has 134 valence electrons. The first-order chi connectivity index (χ1) is 11.9. The van der Waals surface area contributed by atoms with E-state index in [1.54, 1.807) is 23.9 Å². The van der Waals surface area contributed by atoms with E-state index in [1.165, 1.54) is 25.3 Å². The molecular weight excluding hydrogens is 316 g/mol. The Morgan fingerprint density at radius 1 is 1.24 bits per heavy atom. The second kappa shape index (κ2) is 6.11. The Morgan fingerprint density at radius 2 is 1.84 bits per heavy atom. The number of rotatable bonds is 5. The van der Waals surface area contributed by atoms with Crippen LogP contribution in [0.5, 0.6) is 0 Å². The molecule has 5 heteroatoms. The second-order valence-corrected chi connectivity index (χ2v) is 8.42. The number of nitrogens with zero attached hydrogens (tertiary/aromatic N) is 2. The van der Waals surface area contributed by atoms with Crippen molar-refractivity contribution in [3.05, 3.63) is 24.0 Å². The zero-order chi connectivity index (χ0) is 17.6. The normalized spacial score (nSPS) is 34.4. The van der Waals surface area contributed by atoms with Gasteiger partial charge in [-0.05, 0) is 69.3 Å². The molecule has 0 amide bonds. The highest BCUT2D eigenvalue weighted by atomic mass is 16.5. The van der Waals surface area contributed by atoms with Crippen LogP contribution in [0.25, 0.3) is 6.08 Å². The Balaban J connectivity index is 1.39. The van der Waals surface area contributed by atoms with Crippen LogP contribution in [0.15, 0.2) is 18.5 Å². The van der Waals surface area contributed by atoms with Crippen molar-refractivity contribution in [3.8, 4) is 0 Å². The van der Waals surface area contributed by atoms with Crippen LogP contribution in [0, 0.1) is 23.2 Å². The van der Waals surface area contributed by atoms with Gasteiger partial charge in [0.25, 0.3) is 0 Å². The smallest absolute Gasteiger partial charge is 0.331 e. The van der Waals surface area contributed by atoms with Gasteiger partial charge in [0.05, 0.1) is 6.20 Å². The first kappa shape index (κ1) is 16.6. The van der Waals surface area contributed by atoms with Crippen molar-refractivity contribution in [3.63, 3.8) is 0 Å². The molecule has 0 saturated heterocycles. The van der Waals surface area contributed by atoms with Crippen molar-refractivity contribution in [1.29, 1.82) is 0 Å². The number of esters is 1. The third kappa shape index (κ3) is 3.16. The van der Waals surface area contributed by atoms with E-state index in [1.807, 2.05) is 13.2 Å². The number of ketones is 1. The maximum absolute atomic E-state index is 13.1. The minimum Gasteiger partial charge on any atom is -0.451 e. The molecular formula is C20H26N2O3. The zero-order valence-electron chi connectivity index (χ0n) is 15.0. The lowest BCUT2D eigenvalue weighted by Gasteiger charge is -2.56. The zero-order valence-corrected chi connectivity index (χ0v) is 15.0. The van der Waals surface area contributed by atoms with Crippen LogP contribution >= 0.6 is 0 Å². The Bertz CT molecular complexity index is 683. The largest absolute Gasteiger partial charge is 0.451 e. The van der Waals surface area contributed by atoms with Crippen LogP contribution in [-0.4, -0.2) is 27.6 Å². The molecule has 5 nitrogen and oxygen atoms in total. The van der Waals surface area contributed by atoms with E-state index in [9.17, 15) is 9.59 Å². The number of carbonyl (C=O) groups excluding carboxylic acids is 2. The molecule has 0 aromatic carbocycles. The summed E-state index contributed by atoms with van der Waals surface area (Å²) in [5.41, 5.74) is 0.612. The topological polar surface area (TPSA) is 61.2 Å². The monoisotopic (exact) mass is 342 g/mol. The highest BCUT2D eigenvalue weighted by molar-refractivity contribution is 5.93. The van der Waals surface area contributed by atoms with E-state index >= 15 is 0 Å². The van der Waals surface area contributed by atoms with Crippen molar-refractivity contribution in [2.45, 2.75) is 51.6 Å². The molecule has 4 aliphatic carbocycles. The molecule has 1 aromatic rings. The third-order valence-electron chi connectivity index (χ3n) is 6.36. The predicted octanol–water partition coefficient (Wildman–Crippen LogP) is 3.15. The van der Waals surface area contributed by atoms with E-state index in [-0.39, 0.29) is 11.2 Å². The number of hydrogen-bond acceptors (Lipinski definition) is 4. The van der Waals surface area contributed by atoms with Gasteiger partial charge in [0.1, 0.15) is 0 Å². The fourth-order valence-electron chi connectivity index (χ4n) is 5.80. The summed E-state index contributed by atoms with van der Waals surface area (Å²) in [6, 6.07) is 0. The molecule has 25 heavy (non-hydrogen) atoms. The second-order valence-electron chi connectivity index (χ2n) is 8.42. The van der Waals surface area contributed by atoms with Crippen LogP contribution in [-0.2, 0) is 21.4 Å². The minimum atomic E-state index is -0.665. The number of aryl methyl sites for hydroxylation is 1. The van der Waals surface area contributed by atoms with Crippen molar-refractivity contribution in [2.24, 2.45) is 30.2 Å². The average Bonchev–Trinajstić information content (AvgIpc) is 2.96. The molecule has 4 bridgehead atoms. The van der Waals surface area contributed by atoms with Gasteiger partial charge < -0.3 is 4.74 Å². The lowest BCUT2D eigenvalue weighted by Crippen LogP contribution is -2.52. The van der Waals surface area contributed by atoms with Gasteiger partial charge in [0, 0.05) is 30.3 Å². The highest BCUT2D eigenvalue weighted by Crippen LogP contribution is 2.60. The molecule has 1 aromatic heterocycles. The molecule has 0 aliphatic heterocycles. The van der Waals surface area contributed by atoms with Gasteiger partial charge in [0.2, 0.25) is 0 Å². The summed E-state index contributed by atoms with van der Waals surface area (Å²) in [5, 5.41) is 4.05. The number of hydrogen-bond donors (Lipinski definition) is 0. The van der Waals surface area contributed by atoms with Gasteiger partial charge in [-0.2, -0.15) is 5.10 Å². The Morgan fingerprint density at radius 3 is 2.36 bits per heavy atom. The van der Waals surface area contributed by atoms with E-state index in [4.69, 9.17) is 4.74 Å². The van der Waals surface area contributed by atoms with Crippen molar-refractivity contribution >= 4 is 17.8 Å². The van der Waals surface area contributed by atoms with Crippen molar-refractivity contribution in [1.82, 2.24) is 9.78 Å². The van der Waals surface area contributed by atoms with Crippen LogP contribution in [0.4, 0.5) is 0 Å². The molecule has 5 rings (SSSR count). The number of ether oxygens (including phenoxy) is 1. The summed E-state index contributed by atoms with van der Waals surface area (Å²) in [5.74, 6) is 1.82. The van der Waals surface area contributed by atoms with Gasteiger partial charge in [-0.3, -0.25) is 9.48 Å². The van der Waals surface area contributed by atoms with E-state index < -0.39 is 12.1 Å². The van der Waals surface area contributed by atoms with Crippen LogP contribution in [0.3, 0.4) is 0 Å². The summed E-state index contributed by atoms with van der Waals surface area (Å²) in [6.45, 7) is 1.73. The predicted molar refractivity (Wildman–Crippen MR) is 93.4 cm³/mol. The quantitative estimate of drug-likeness (QED) is 0.609. The van der Waals surface area contributed by atoms with Gasteiger partial charge in [-0.25, -0.2) is 4.79 Å². The lowest BCUT2D eigenvalue weighted by atomic mass is 9.48. The van der Waals surface area contributed by atoms with Crippen LogP contribution in [0.2, 0.25) is 0 Å². The van der Waals surface area contributed by atoms with Crippen LogP contribution in [0.1, 0.15) is 51.0 Å². The van der Waals surface area contributed by atoms with Crippen molar-refractivity contribution in [2.75, 3.05) is 0 Å². The number of aromatic nitrogens is 2. The molecule has 4 saturated carbocycles. The highest BCUT2D eigenvalue weighted by Gasteiger charge is 2.55. The number of carbonyl (C=O) groups is 2. The first-order valence-electron chi connectivity index (χ1n) is 9.35. The Labute approximate surface area is 148 Å². The molecule has 1 heterocycles. The van der Waals surface area contributed by atoms with E-state index in [0.29, 0.717) is 17.8 Å². The summed E-state index contributed by atoms with van der Waals surface area (Å²) in [4.78, 5) is 25.2. The van der Waals surface area contributed by atoms with Gasteiger partial charge in [-0.1, -0.05) is 0 Å². The molecule has 4 aliphatic rings. The standard InChI is InChI=1S/C20H26N2O3/c1-13(25-18(23)4-3-14-11-21-22(2)12-14)19(24)20-8-15-5-16(9-20)7-17(6-15)10-20/h3-4,11-13,15-17H,5-10H2,1-2H3. The van der Waals surface area contributed by atoms with E-state index in [0.717, 1.165) is 24.8 Å². The van der Waals surface area contributed by atoms with Crippen molar-refractivity contribution < 1.29 is 14.3 Å². The maximum atomic E-state index is 13.1. The summed E-state index contributed by atoms with van der Waals surface area (Å²) < 4.78 is 7.10. The average molecular weight is 342 g/mol. The summed E-state index contributed by atoms with van der Waals surface area (Å²) >= 11 is 0. The molecule has 4 fully saturated rings. The summed E-state index contributed by atoms with van der Waals surface area (Å²) in [6.07, 6.45) is 12.8. The molecule has 1 unspecified atom stereocenters. The SMILES string of the molecule is CC(OC(=O)C=Cc1cnn(C)c1)C(=O)C12CC3CC(CC(C3)C1)C2. The lowest BCUT2D eigenvalue weighted by molar-refractivity contribution is -0.162. The fraction of sp³-hybridized carbons (Fsp3) is 0.650. The molecule has 0 N–H and O–H groups in total. The molecule has 0 spiro atoms. The minimum absolute atomic E-state index is 0.148. The summed E-state index contributed by atoms with van der Waals surface area (Å²) in [7, 11) is 1.82. The molecule has 0 radical (unpaired) electrons. The Hall–Kier alpha value is -1.91. The van der Waals surface area contributed by atoms with E-state index in [2.05, 4.69) is 5.10 Å². The fourth-order valence-corrected chi connectivity index (χ4v) is 5.80. The Kier molecular flexibility index (Phi) is 4.05. The van der Waals surface area contributed by atoms with Crippen LogP contribution < -0.4 is 0 Å². The van der Waals surface area contributed by atoms with Gasteiger partial charge in [0.15, 0.2) is 11.9 Å². The van der Waals surface area contributed by atoms with Gasteiger partial charge in [-0.15, -0.1) is 0 Å².